The Balaban J connectivity index is 2.65. The van der Waals surface area contributed by atoms with E-state index in [2.05, 4.69) is 29.7 Å². The molecule has 1 aromatic heterocycles. The molecule has 0 bridgehead atoms. The van der Waals surface area contributed by atoms with Crippen LogP contribution in [0.3, 0.4) is 0 Å². The van der Waals surface area contributed by atoms with Gasteiger partial charge in [0.2, 0.25) is 5.91 Å². The fraction of sp³-hybridized carbons (Fsp3) is 0.583. The Labute approximate surface area is 101 Å². The van der Waals surface area contributed by atoms with E-state index in [1.54, 1.807) is 18.4 Å². The summed E-state index contributed by atoms with van der Waals surface area (Å²) < 4.78 is 0. The molecular formula is C12H20N2OS. The van der Waals surface area contributed by atoms with E-state index in [4.69, 9.17) is 0 Å². The quantitative estimate of drug-likeness (QED) is 0.847. The van der Waals surface area contributed by atoms with E-state index in [1.165, 1.54) is 9.75 Å². The average molecular weight is 240 g/mol. The molecule has 0 aliphatic rings. The number of carbonyl (C=O) groups is 1. The highest BCUT2D eigenvalue weighted by Gasteiger charge is 2.26. The molecule has 1 aromatic rings. The second-order valence-electron chi connectivity index (χ2n) is 4.52. The molecule has 16 heavy (non-hydrogen) atoms. The molecule has 0 fully saturated rings. The summed E-state index contributed by atoms with van der Waals surface area (Å²) in [6.07, 6.45) is 0. The minimum atomic E-state index is -0.527. The van der Waals surface area contributed by atoms with Crippen LogP contribution in [0.25, 0.3) is 0 Å². The van der Waals surface area contributed by atoms with Crippen molar-refractivity contribution in [1.82, 2.24) is 10.6 Å². The largest absolute Gasteiger partial charge is 0.347 e. The Morgan fingerprint density at radius 3 is 2.50 bits per heavy atom. The van der Waals surface area contributed by atoms with Crippen molar-refractivity contribution in [3.63, 3.8) is 0 Å². The third-order valence-electron chi connectivity index (χ3n) is 2.73. The lowest BCUT2D eigenvalue weighted by Gasteiger charge is -2.25. The first kappa shape index (κ1) is 13.2. The summed E-state index contributed by atoms with van der Waals surface area (Å²) in [6, 6.07) is 4.21. The lowest BCUT2D eigenvalue weighted by atomic mass is 10.0. The molecule has 1 heterocycles. The maximum absolute atomic E-state index is 11.9. The number of hydrogen-bond acceptors (Lipinski definition) is 3. The molecular weight excluding hydrogens is 220 g/mol. The predicted octanol–water partition coefficient (Wildman–Crippen LogP) is 2.23. The second-order valence-corrected chi connectivity index (χ2v) is 5.84. The Morgan fingerprint density at radius 1 is 1.44 bits per heavy atom. The maximum Gasteiger partial charge on any atom is 0.240 e. The molecule has 0 radical (unpaired) electrons. The minimum absolute atomic E-state index is 0.0218. The van der Waals surface area contributed by atoms with Crippen molar-refractivity contribution in [2.45, 2.75) is 39.3 Å². The van der Waals surface area contributed by atoms with Crippen LogP contribution in [0.5, 0.6) is 0 Å². The van der Waals surface area contributed by atoms with E-state index in [0.29, 0.717) is 0 Å². The van der Waals surface area contributed by atoms with Crippen LogP contribution in [-0.4, -0.2) is 18.5 Å². The first-order chi connectivity index (χ1) is 7.36. The van der Waals surface area contributed by atoms with Crippen molar-refractivity contribution < 1.29 is 4.79 Å². The van der Waals surface area contributed by atoms with Gasteiger partial charge in [0.25, 0.3) is 0 Å². The third-order valence-corrected chi connectivity index (χ3v) is 3.91. The van der Waals surface area contributed by atoms with E-state index >= 15 is 0 Å². The summed E-state index contributed by atoms with van der Waals surface area (Å²) in [5.41, 5.74) is -0.527. The smallest absolute Gasteiger partial charge is 0.240 e. The first-order valence-electron chi connectivity index (χ1n) is 5.43. The SMILES string of the molecule is CNC(C)(C)C(=O)NC(C)c1ccc(C)s1. The average Bonchev–Trinajstić information content (AvgIpc) is 2.64. The van der Waals surface area contributed by atoms with Crippen LogP contribution in [0.15, 0.2) is 12.1 Å². The van der Waals surface area contributed by atoms with Crippen molar-refractivity contribution in [2.24, 2.45) is 0 Å². The van der Waals surface area contributed by atoms with Crippen molar-refractivity contribution >= 4 is 17.2 Å². The van der Waals surface area contributed by atoms with E-state index in [1.807, 2.05) is 20.8 Å². The second kappa shape index (κ2) is 4.97. The number of rotatable bonds is 4. The van der Waals surface area contributed by atoms with Gasteiger partial charge in [-0.1, -0.05) is 0 Å². The molecule has 1 atom stereocenters. The number of likely N-dealkylation sites (N-methyl/N-ethyl adjacent to an activating group) is 1. The molecule has 1 amide bonds. The van der Waals surface area contributed by atoms with Gasteiger partial charge in [-0.15, -0.1) is 11.3 Å². The summed E-state index contributed by atoms with van der Waals surface area (Å²) in [5.74, 6) is 0.0218. The number of nitrogens with one attached hydrogen (secondary N) is 2. The van der Waals surface area contributed by atoms with E-state index in [-0.39, 0.29) is 11.9 Å². The van der Waals surface area contributed by atoms with Gasteiger partial charge in [0, 0.05) is 9.75 Å². The lowest BCUT2D eigenvalue weighted by molar-refractivity contribution is -0.126. The Bertz CT molecular complexity index is 371. The number of carbonyl (C=O) groups excluding carboxylic acids is 1. The van der Waals surface area contributed by atoms with Crippen LogP contribution < -0.4 is 10.6 Å². The third kappa shape index (κ3) is 3.06. The monoisotopic (exact) mass is 240 g/mol. The minimum Gasteiger partial charge on any atom is -0.347 e. The van der Waals surface area contributed by atoms with Gasteiger partial charge in [-0.05, 0) is 46.9 Å². The summed E-state index contributed by atoms with van der Waals surface area (Å²) in [5, 5.41) is 6.00. The maximum atomic E-state index is 11.9. The molecule has 0 saturated heterocycles. The van der Waals surface area contributed by atoms with Crippen LogP contribution in [-0.2, 0) is 4.79 Å². The Morgan fingerprint density at radius 2 is 2.06 bits per heavy atom. The van der Waals surface area contributed by atoms with Crippen LogP contribution in [0, 0.1) is 6.92 Å². The molecule has 1 rings (SSSR count). The molecule has 4 heteroatoms. The Hall–Kier alpha value is -0.870. The normalized spacial score (nSPS) is 13.6. The van der Waals surface area contributed by atoms with Gasteiger partial charge in [-0.3, -0.25) is 4.79 Å². The van der Waals surface area contributed by atoms with Crippen molar-refractivity contribution in [3.05, 3.63) is 21.9 Å². The van der Waals surface area contributed by atoms with Gasteiger partial charge in [0.15, 0.2) is 0 Å². The summed E-state index contributed by atoms with van der Waals surface area (Å²) in [6.45, 7) is 7.82. The fourth-order valence-corrected chi connectivity index (χ4v) is 2.13. The van der Waals surface area contributed by atoms with Crippen LogP contribution in [0.4, 0.5) is 0 Å². The van der Waals surface area contributed by atoms with Gasteiger partial charge in [-0.25, -0.2) is 0 Å². The standard InChI is InChI=1S/C12H20N2OS/c1-8-6-7-10(16-8)9(2)14-11(15)12(3,4)13-5/h6-7,9,13H,1-5H3,(H,14,15). The number of hydrogen-bond donors (Lipinski definition) is 2. The van der Waals surface area contributed by atoms with Gasteiger partial charge < -0.3 is 10.6 Å². The molecule has 0 spiro atoms. The molecule has 3 nitrogen and oxygen atoms in total. The van der Waals surface area contributed by atoms with E-state index < -0.39 is 5.54 Å². The van der Waals surface area contributed by atoms with Gasteiger partial charge in [0.1, 0.15) is 0 Å². The topological polar surface area (TPSA) is 41.1 Å². The summed E-state index contributed by atoms with van der Waals surface area (Å²) in [4.78, 5) is 14.4. The molecule has 90 valence electrons. The molecule has 0 saturated carbocycles. The molecule has 0 aromatic carbocycles. The molecule has 0 aliphatic heterocycles. The van der Waals surface area contributed by atoms with Gasteiger partial charge in [0.05, 0.1) is 11.6 Å². The van der Waals surface area contributed by atoms with Gasteiger partial charge in [-0.2, -0.15) is 0 Å². The Kier molecular flexibility index (Phi) is 4.10. The highest BCUT2D eigenvalue weighted by Crippen LogP contribution is 2.22. The number of thiophene rings is 1. The van der Waals surface area contributed by atoms with E-state index in [9.17, 15) is 4.79 Å². The first-order valence-corrected chi connectivity index (χ1v) is 6.24. The van der Waals surface area contributed by atoms with Crippen molar-refractivity contribution in [1.29, 1.82) is 0 Å². The highest BCUT2D eigenvalue weighted by atomic mass is 32.1. The molecule has 2 N–H and O–H groups in total. The molecule has 1 unspecified atom stereocenters. The zero-order chi connectivity index (χ0) is 12.3. The number of amides is 1. The van der Waals surface area contributed by atoms with Gasteiger partial charge >= 0.3 is 0 Å². The van der Waals surface area contributed by atoms with Crippen molar-refractivity contribution in [3.8, 4) is 0 Å². The fourth-order valence-electron chi connectivity index (χ4n) is 1.25. The lowest BCUT2D eigenvalue weighted by Crippen LogP contribution is -2.51. The van der Waals surface area contributed by atoms with Crippen LogP contribution in [0.1, 0.15) is 36.6 Å². The summed E-state index contributed by atoms with van der Waals surface area (Å²) >= 11 is 1.72. The highest BCUT2D eigenvalue weighted by molar-refractivity contribution is 7.12. The van der Waals surface area contributed by atoms with Crippen molar-refractivity contribution in [2.75, 3.05) is 7.05 Å². The molecule has 0 aliphatic carbocycles. The van der Waals surface area contributed by atoms with E-state index in [0.717, 1.165) is 0 Å². The number of aryl methyl sites for hydroxylation is 1. The zero-order valence-corrected chi connectivity index (χ0v) is 11.4. The predicted molar refractivity (Wildman–Crippen MR) is 68.8 cm³/mol. The van der Waals surface area contributed by atoms with Crippen LogP contribution in [0.2, 0.25) is 0 Å². The zero-order valence-electron chi connectivity index (χ0n) is 10.5. The van der Waals surface area contributed by atoms with Crippen LogP contribution >= 0.6 is 11.3 Å². The summed E-state index contributed by atoms with van der Waals surface area (Å²) in [7, 11) is 1.79.